The summed E-state index contributed by atoms with van der Waals surface area (Å²) in [5.41, 5.74) is 0.471. The van der Waals surface area contributed by atoms with E-state index in [4.69, 9.17) is 14.3 Å². The number of ether oxygens (including phenoxy) is 2. The molecule has 0 amide bonds. The normalized spacial score (nSPS) is 20.6. The van der Waals surface area contributed by atoms with Gasteiger partial charge in [-0.15, -0.1) is 11.8 Å². The molecule has 1 saturated carbocycles. The monoisotopic (exact) mass is 324 g/mol. The van der Waals surface area contributed by atoms with Gasteiger partial charge in [0.15, 0.2) is 5.79 Å². The summed E-state index contributed by atoms with van der Waals surface area (Å²) < 4.78 is 11.7. The zero-order chi connectivity index (χ0) is 17.8. The molecule has 0 unspecified atom stereocenters. The van der Waals surface area contributed by atoms with Gasteiger partial charge in [-0.3, -0.25) is 0 Å². The second-order valence-corrected chi connectivity index (χ2v) is 6.63. The van der Waals surface area contributed by atoms with Crippen molar-refractivity contribution in [1.82, 2.24) is 0 Å². The van der Waals surface area contributed by atoms with Gasteiger partial charge >= 0.3 is 0 Å². The molecule has 1 spiro atoms. The minimum Gasteiger partial charge on any atom is -0.348 e. The van der Waals surface area contributed by atoms with Crippen molar-refractivity contribution in [3.05, 3.63) is 0 Å². The lowest BCUT2D eigenvalue weighted by Gasteiger charge is -2.44. The van der Waals surface area contributed by atoms with Gasteiger partial charge in [0.05, 0.1) is 13.2 Å². The number of hydrogen-bond acceptors (Lipinski definition) is 3. The van der Waals surface area contributed by atoms with E-state index in [2.05, 4.69) is 25.7 Å². The van der Waals surface area contributed by atoms with Crippen LogP contribution in [0.3, 0.4) is 0 Å². The Bertz CT molecular complexity index is 349. The Labute approximate surface area is 143 Å². The van der Waals surface area contributed by atoms with Crippen molar-refractivity contribution >= 4 is 6.79 Å². The Morgan fingerprint density at radius 1 is 1.04 bits per heavy atom. The molecule has 2 fully saturated rings. The molecule has 1 heterocycles. The van der Waals surface area contributed by atoms with Gasteiger partial charge < -0.3 is 14.3 Å². The predicted molar refractivity (Wildman–Crippen MR) is 96.1 cm³/mol. The second kappa shape index (κ2) is 11.6. The highest BCUT2D eigenvalue weighted by atomic mass is 16.7. The van der Waals surface area contributed by atoms with Crippen molar-refractivity contribution < 1.29 is 14.3 Å². The van der Waals surface area contributed by atoms with Gasteiger partial charge in [0.25, 0.3) is 0 Å². The highest BCUT2D eigenvalue weighted by molar-refractivity contribution is 5.11. The van der Waals surface area contributed by atoms with E-state index in [0.717, 1.165) is 38.4 Å². The minimum atomic E-state index is -0.225. The molecule has 0 N–H and O–H groups in total. The summed E-state index contributed by atoms with van der Waals surface area (Å²) in [6.45, 7) is 14.2. The van der Waals surface area contributed by atoms with Gasteiger partial charge in [0.2, 0.25) is 0 Å². The Morgan fingerprint density at radius 3 is 2.00 bits per heavy atom. The summed E-state index contributed by atoms with van der Waals surface area (Å²) in [4.78, 5) is 8.00. The van der Waals surface area contributed by atoms with Gasteiger partial charge in [-0.25, -0.2) is 0 Å². The molecule has 0 aromatic rings. The summed E-state index contributed by atoms with van der Waals surface area (Å²) in [7, 11) is 0. The van der Waals surface area contributed by atoms with E-state index in [1.54, 1.807) is 0 Å². The summed E-state index contributed by atoms with van der Waals surface area (Å²) >= 11 is 0. The van der Waals surface area contributed by atoms with Crippen LogP contribution in [-0.4, -0.2) is 25.8 Å². The molecule has 2 aliphatic rings. The molecule has 1 aliphatic carbocycles. The molecule has 0 atom stereocenters. The maximum absolute atomic E-state index is 8.00. The average molecular weight is 325 g/mol. The Balaban J connectivity index is 0.00000112. The molecule has 1 aliphatic heterocycles. The molecule has 2 rings (SSSR count). The van der Waals surface area contributed by atoms with Crippen molar-refractivity contribution in [3.8, 4) is 11.8 Å². The fraction of sp³-hybridized carbons (Fsp3) is 0.850. The van der Waals surface area contributed by atoms with E-state index in [-0.39, 0.29) is 5.79 Å². The van der Waals surface area contributed by atoms with Crippen LogP contribution in [0.15, 0.2) is 0 Å². The minimum absolute atomic E-state index is 0.225. The van der Waals surface area contributed by atoms with Crippen molar-refractivity contribution in [3.63, 3.8) is 0 Å². The third-order valence-corrected chi connectivity index (χ3v) is 4.68. The van der Waals surface area contributed by atoms with Gasteiger partial charge in [0, 0.05) is 19.3 Å². The Hall–Kier alpha value is -0.850. The molecule has 3 heteroatoms. The predicted octanol–water partition coefficient (Wildman–Crippen LogP) is 4.98. The van der Waals surface area contributed by atoms with Gasteiger partial charge in [-0.2, -0.15) is 0 Å². The zero-order valence-corrected chi connectivity index (χ0v) is 15.9. The van der Waals surface area contributed by atoms with E-state index in [0.29, 0.717) is 5.41 Å². The molecule has 0 aromatic carbocycles. The molecule has 134 valence electrons. The Morgan fingerprint density at radius 2 is 1.57 bits per heavy atom. The van der Waals surface area contributed by atoms with E-state index < -0.39 is 0 Å². The third-order valence-electron chi connectivity index (χ3n) is 4.68. The standard InChI is InChI=1S/C17H28O2.C2H6.CH2O/c1-4-5-6-7-16(14-15(2)3)8-10-17(11-9-16)18-12-13-19-17;2*1-2/h15H,6-14H2,1-3H3;1-2H3;1H2. The van der Waals surface area contributed by atoms with Gasteiger partial charge in [-0.1, -0.05) is 27.7 Å². The lowest BCUT2D eigenvalue weighted by Crippen LogP contribution is -2.40. The molecule has 0 bridgehead atoms. The zero-order valence-electron chi connectivity index (χ0n) is 15.9. The van der Waals surface area contributed by atoms with Crippen LogP contribution in [0.4, 0.5) is 0 Å². The first-order chi connectivity index (χ1) is 11.1. The van der Waals surface area contributed by atoms with Crippen LogP contribution < -0.4 is 0 Å². The van der Waals surface area contributed by atoms with Gasteiger partial charge in [-0.05, 0) is 43.9 Å². The fourth-order valence-corrected chi connectivity index (χ4v) is 3.82. The van der Waals surface area contributed by atoms with Crippen LogP contribution in [0.5, 0.6) is 0 Å². The van der Waals surface area contributed by atoms with Crippen LogP contribution in [0, 0.1) is 23.2 Å². The smallest absolute Gasteiger partial charge is 0.168 e. The maximum Gasteiger partial charge on any atom is 0.168 e. The summed E-state index contributed by atoms with van der Waals surface area (Å²) in [6.07, 6.45) is 8.19. The van der Waals surface area contributed by atoms with Crippen LogP contribution in [0.1, 0.15) is 79.6 Å². The number of hydrogen-bond donors (Lipinski definition) is 0. The number of carbonyl (C=O) groups excluding carboxylic acids is 1. The summed E-state index contributed by atoms with van der Waals surface area (Å²) in [5, 5.41) is 0. The quantitative estimate of drug-likeness (QED) is 0.684. The van der Waals surface area contributed by atoms with Crippen molar-refractivity contribution in [2.24, 2.45) is 11.3 Å². The maximum atomic E-state index is 8.00. The van der Waals surface area contributed by atoms with E-state index in [9.17, 15) is 0 Å². The third kappa shape index (κ3) is 7.06. The fourth-order valence-electron chi connectivity index (χ4n) is 3.82. The summed E-state index contributed by atoms with van der Waals surface area (Å²) in [5.74, 6) is 6.80. The number of carbonyl (C=O) groups is 1. The SMILES string of the molecule is C=O.CC.CC#CCCC1(CC(C)C)CCC2(CC1)OCCO2. The van der Waals surface area contributed by atoms with Crippen LogP contribution in [0.2, 0.25) is 0 Å². The van der Waals surface area contributed by atoms with E-state index in [1.807, 2.05) is 27.6 Å². The van der Waals surface area contributed by atoms with Crippen LogP contribution in [-0.2, 0) is 14.3 Å². The van der Waals surface area contributed by atoms with Crippen molar-refractivity contribution in [2.75, 3.05) is 13.2 Å². The molecule has 0 radical (unpaired) electrons. The lowest BCUT2D eigenvalue weighted by atomic mass is 9.65. The number of rotatable bonds is 4. The highest BCUT2D eigenvalue weighted by Gasteiger charge is 2.45. The molecular weight excluding hydrogens is 288 g/mol. The molecule has 23 heavy (non-hydrogen) atoms. The van der Waals surface area contributed by atoms with Crippen molar-refractivity contribution in [1.29, 1.82) is 0 Å². The van der Waals surface area contributed by atoms with Gasteiger partial charge in [0.1, 0.15) is 6.79 Å². The molecule has 0 aromatic heterocycles. The average Bonchev–Trinajstić information content (AvgIpc) is 3.03. The highest BCUT2D eigenvalue weighted by Crippen LogP contribution is 2.50. The van der Waals surface area contributed by atoms with Crippen LogP contribution in [0.25, 0.3) is 0 Å². The largest absolute Gasteiger partial charge is 0.348 e. The molecule has 3 nitrogen and oxygen atoms in total. The van der Waals surface area contributed by atoms with E-state index >= 15 is 0 Å². The summed E-state index contributed by atoms with van der Waals surface area (Å²) in [6, 6.07) is 0. The second-order valence-electron chi connectivity index (χ2n) is 6.63. The lowest BCUT2D eigenvalue weighted by molar-refractivity contribution is -0.193. The molecule has 1 saturated heterocycles. The first-order valence-corrected chi connectivity index (χ1v) is 9.06. The Kier molecular flexibility index (Phi) is 11.2. The first kappa shape index (κ1) is 22.1. The van der Waals surface area contributed by atoms with Crippen LogP contribution >= 0.6 is 0 Å². The molecular formula is C20H36O3. The topological polar surface area (TPSA) is 35.5 Å². The first-order valence-electron chi connectivity index (χ1n) is 9.06. The van der Waals surface area contributed by atoms with E-state index in [1.165, 1.54) is 25.7 Å². The van der Waals surface area contributed by atoms with Crippen molar-refractivity contribution in [2.45, 2.75) is 85.4 Å².